The number of nitrogens with one attached hydrogen (secondary N) is 1. The number of carbonyl (C=O) groups excluding carboxylic acids is 3. The number of hydrogen-bond acceptors (Lipinski definition) is 7. The van der Waals surface area contributed by atoms with Crippen molar-refractivity contribution in [3.63, 3.8) is 0 Å². The number of carbonyl (C=O) groups is 3. The van der Waals surface area contributed by atoms with Crippen LogP contribution in [-0.4, -0.2) is 31.1 Å². The quantitative estimate of drug-likeness (QED) is 0.544. The molecule has 9 heteroatoms. The molecule has 0 radical (unpaired) electrons. The van der Waals surface area contributed by atoms with Crippen molar-refractivity contribution < 1.29 is 23.9 Å². The minimum atomic E-state index is -0.600. The van der Waals surface area contributed by atoms with Gasteiger partial charge in [0, 0.05) is 15.7 Å². The minimum Gasteiger partial charge on any atom is -0.462 e. The maximum atomic E-state index is 12.5. The second kappa shape index (κ2) is 7.89. The fraction of sp³-hybridized carbons (Fsp3) is 0.235. The van der Waals surface area contributed by atoms with Crippen LogP contribution >= 0.6 is 39.5 Å². The molecule has 0 unspecified atom stereocenters. The van der Waals surface area contributed by atoms with Crippen LogP contribution in [0.15, 0.2) is 36.7 Å². The van der Waals surface area contributed by atoms with Gasteiger partial charge < -0.3 is 14.8 Å². The lowest BCUT2D eigenvalue weighted by Crippen LogP contribution is -2.11. The van der Waals surface area contributed by atoms with E-state index in [1.54, 1.807) is 19.9 Å². The third-order valence-electron chi connectivity index (χ3n) is 3.45. The highest BCUT2D eigenvalue weighted by molar-refractivity contribution is 9.10. The largest absolute Gasteiger partial charge is 0.462 e. The molecule has 2 aliphatic heterocycles. The zero-order valence-electron chi connectivity index (χ0n) is 13.9. The lowest BCUT2D eigenvalue weighted by molar-refractivity contribution is -0.140. The summed E-state index contributed by atoms with van der Waals surface area (Å²) in [6.07, 6.45) is 0. The molecule has 26 heavy (non-hydrogen) atoms. The van der Waals surface area contributed by atoms with E-state index in [-0.39, 0.29) is 28.9 Å². The summed E-state index contributed by atoms with van der Waals surface area (Å²) < 4.78 is 11.5. The Hall–Kier alpha value is -1.71. The van der Waals surface area contributed by atoms with Gasteiger partial charge in [-0.15, -0.1) is 0 Å². The second-order valence-corrected chi connectivity index (χ2v) is 8.33. The molecule has 6 nitrogen and oxygen atoms in total. The summed E-state index contributed by atoms with van der Waals surface area (Å²) in [7, 11) is 0. The van der Waals surface area contributed by atoms with Crippen LogP contribution in [0, 0.1) is 0 Å². The molecule has 1 amide bonds. The molecule has 0 fully saturated rings. The lowest BCUT2D eigenvalue weighted by Gasteiger charge is -2.04. The molecule has 0 saturated heterocycles. The third kappa shape index (κ3) is 3.56. The van der Waals surface area contributed by atoms with Crippen molar-refractivity contribution in [2.75, 3.05) is 18.5 Å². The number of amides is 1. The Kier molecular flexibility index (Phi) is 5.79. The summed E-state index contributed by atoms with van der Waals surface area (Å²) in [5.74, 6) is -1.48. The van der Waals surface area contributed by atoms with Crippen LogP contribution in [-0.2, 0) is 23.9 Å². The van der Waals surface area contributed by atoms with Gasteiger partial charge in [0.1, 0.15) is 9.81 Å². The summed E-state index contributed by atoms with van der Waals surface area (Å²) in [4.78, 5) is 37.3. The van der Waals surface area contributed by atoms with Crippen molar-refractivity contribution in [1.82, 2.24) is 0 Å². The summed E-state index contributed by atoms with van der Waals surface area (Å²) in [6.45, 7) is 3.75. The van der Waals surface area contributed by atoms with Crippen LogP contribution in [0.5, 0.6) is 0 Å². The molecular weight excluding hydrogens is 442 g/mol. The number of anilines is 1. The Morgan fingerprint density at radius 3 is 2.19 bits per heavy atom. The third-order valence-corrected chi connectivity index (χ3v) is 6.50. The van der Waals surface area contributed by atoms with E-state index in [1.165, 1.54) is 0 Å². The maximum Gasteiger partial charge on any atom is 0.346 e. The van der Waals surface area contributed by atoms with E-state index in [1.807, 2.05) is 12.1 Å². The monoisotopic (exact) mass is 455 g/mol. The van der Waals surface area contributed by atoms with Crippen LogP contribution in [0.25, 0.3) is 5.57 Å². The number of thioether (sulfide) groups is 2. The van der Waals surface area contributed by atoms with Crippen molar-refractivity contribution >= 4 is 68.6 Å². The molecule has 136 valence electrons. The molecule has 0 atom stereocenters. The number of hydrogen-bond donors (Lipinski definition) is 1. The first-order chi connectivity index (χ1) is 12.5. The van der Waals surface area contributed by atoms with Gasteiger partial charge in [0.15, 0.2) is 0 Å². The van der Waals surface area contributed by atoms with Crippen molar-refractivity contribution in [3.05, 3.63) is 42.3 Å². The van der Waals surface area contributed by atoms with Gasteiger partial charge in [-0.25, -0.2) is 9.59 Å². The summed E-state index contributed by atoms with van der Waals surface area (Å²) >= 11 is 5.52. The lowest BCUT2D eigenvalue weighted by atomic mass is 10.1. The fourth-order valence-electron chi connectivity index (χ4n) is 2.41. The molecular formula is C17H14BrNO5S2. The number of fused-ring (bicyclic) bond motifs is 1. The molecule has 2 aliphatic rings. The maximum absolute atomic E-state index is 12.5. The Morgan fingerprint density at radius 1 is 1.08 bits per heavy atom. The van der Waals surface area contributed by atoms with Crippen molar-refractivity contribution in [1.29, 1.82) is 0 Å². The van der Waals surface area contributed by atoms with Gasteiger partial charge in [-0.1, -0.05) is 39.5 Å². The first-order valence-corrected chi connectivity index (χ1v) is 10.2. The molecule has 2 heterocycles. The average molecular weight is 456 g/mol. The van der Waals surface area contributed by atoms with Crippen molar-refractivity contribution in [2.45, 2.75) is 13.8 Å². The summed E-state index contributed by atoms with van der Waals surface area (Å²) in [5.41, 5.74) is 1.83. The van der Waals surface area contributed by atoms with Gasteiger partial charge in [0.2, 0.25) is 0 Å². The Morgan fingerprint density at radius 2 is 1.65 bits per heavy atom. The van der Waals surface area contributed by atoms with Crippen LogP contribution < -0.4 is 5.32 Å². The molecule has 0 bridgehead atoms. The van der Waals surface area contributed by atoms with Gasteiger partial charge in [-0.2, -0.15) is 0 Å². The van der Waals surface area contributed by atoms with E-state index in [0.29, 0.717) is 21.1 Å². The minimum absolute atomic E-state index is 0.147. The predicted molar refractivity (Wildman–Crippen MR) is 105 cm³/mol. The molecule has 1 aromatic carbocycles. The van der Waals surface area contributed by atoms with Gasteiger partial charge in [-0.05, 0) is 32.0 Å². The van der Waals surface area contributed by atoms with Crippen LogP contribution in [0.3, 0.4) is 0 Å². The number of esters is 2. The summed E-state index contributed by atoms with van der Waals surface area (Å²) in [5, 5.41) is 2.79. The first-order valence-electron chi connectivity index (χ1n) is 7.76. The van der Waals surface area contributed by atoms with Gasteiger partial charge in [0.25, 0.3) is 5.91 Å². The van der Waals surface area contributed by atoms with Crippen molar-refractivity contribution in [2.24, 2.45) is 0 Å². The standard InChI is InChI=1S/C17H14BrNO5S2/c1-3-23-15(21)12-13(16(22)24-4-2)26-17(25-12)11-9-7-8(18)5-6-10(9)19-14(11)20/h5-7H,3-4H2,1-2H3,(H,19,20). The van der Waals surface area contributed by atoms with E-state index in [2.05, 4.69) is 21.2 Å². The molecule has 1 N–H and O–H groups in total. The topological polar surface area (TPSA) is 81.7 Å². The molecule has 0 saturated carbocycles. The Labute approximate surface area is 166 Å². The highest BCUT2D eigenvalue weighted by atomic mass is 79.9. The number of halogens is 1. The van der Waals surface area contributed by atoms with E-state index in [0.717, 1.165) is 28.0 Å². The molecule has 0 aromatic heterocycles. The first kappa shape index (κ1) is 19.1. The number of rotatable bonds is 4. The predicted octanol–water partition coefficient (Wildman–Crippen LogP) is 3.89. The molecule has 1 aromatic rings. The fourth-order valence-corrected chi connectivity index (χ4v) is 5.30. The Bertz CT molecular complexity index is 846. The Balaban J connectivity index is 2.04. The summed E-state index contributed by atoms with van der Waals surface area (Å²) in [6, 6.07) is 5.44. The molecule has 0 aliphatic carbocycles. The zero-order chi connectivity index (χ0) is 18.8. The van der Waals surface area contributed by atoms with Crippen LogP contribution in [0.1, 0.15) is 19.4 Å². The van der Waals surface area contributed by atoms with E-state index < -0.39 is 11.9 Å². The highest BCUT2D eigenvalue weighted by Crippen LogP contribution is 2.54. The van der Waals surface area contributed by atoms with Crippen LogP contribution in [0.4, 0.5) is 5.69 Å². The van der Waals surface area contributed by atoms with Gasteiger partial charge >= 0.3 is 11.9 Å². The van der Waals surface area contributed by atoms with Gasteiger partial charge in [0.05, 0.1) is 23.0 Å². The van der Waals surface area contributed by atoms with Crippen LogP contribution in [0.2, 0.25) is 0 Å². The zero-order valence-corrected chi connectivity index (χ0v) is 17.1. The average Bonchev–Trinajstić information content (AvgIpc) is 3.15. The molecule has 0 spiro atoms. The van der Waals surface area contributed by atoms with Crippen molar-refractivity contribution in [3.8, 4) is 0 Å². The van der Waals surface area contributed by atoms with E-state index in [9.17, 15) is 14.4 Å². The highest BCUT2D eigenvalue weighted by Gasteiger charge is 2.38. The number of benzene rings is 1. The number of ether oxygens (including phenoxy) is 2. The van der Waals surface area contributed by atoms with Gasteiger partial charge in [-0.3, -0.25) is 4.79 Å². The SMILES string of the molecule is CCOC(=O)C1=C(C(=O)OCC)SC(=C2C(=O)Nc3ccc(Br)cc32)S1. The van der Waals surface area contributed by atoms with E-state index >= 15 is 0 Å². The normalized spacial score (nSPS) is 15.9. The van der Waals surface area contributed by atoms with E-state index in [4.69, 9.17) is 9.47 Å². The second-order valence-electron chi connectivity index (χ2n) is 5.11. The molecule has 3 rings (SSSR count). The smallest absolute Gasteiger partial charge is 0.346 e.